The Balaban J connectivity index is 2.18. The molecule has 0 N–H and O–H groups in total. The van der Waals surface area contributed by atoms with Crippen molar-refractivity contribution in [3.05, 3.63) is 41.2 Å². The Morgan fingerprint density at radius 2 is 2.17 bits per heavy atom. The molecule has 1 atom stereocenters. The van der Waals surface area contributed by atoms with E-state index in [0.717, 1.165) is 16.7 Å². The summed E-state index contributed by atoms with van der Waals surface area (Å²) in [4.78, 5) is 34.8. The van der Waals surface area contributed by atoms with Crippen molar-refractivity contribution in [1.82, 2.24) is 4.90 Å². The summed E-state index contributed by atoms with van der Waals surface area (Å²) in [5.41, 5.74) is 0. The molecule has 2 rings (SSSR count). The molecule has 1 aliphatic rings. The lowest BCUT2D eigenvalue weighted by molar-refractivity contribution is -0.319. The first-order valence-corrected chi connectivity index (χ1v) is 7.50. The topological polar surface area (TPSA) is 114 Å². The van der Waals surface area contributed by atoms with E-state index >= 15 is 0 Å². The number of carboxylic acids is 2. The third-order valence-corrected chi connectivity index (χ3v) is 4.17. The summed E-state index contributed by atoms with van der Waals surface area (Å²) in [7, 11) is 0. The van der Waals surface area contributed by atoms with Gasteiger partial charge in [0.05, 0.1) is 23.2 Å². The first-order chi connectivity index (χ1) is 10.9. The Labute approximate surface area is 140 Å². The molecule has 0 aliphatic carbocycles. The Morgan fingerprint density at radius 3 is 2.74 bits per heavy atom. The second-order valence-electron chi connectivity index (χ2n) is 4.36. The van der Waals surface area contributed by atoms with Crippen LogP contribution < -0.4 is 10.2 Å². The Bertz CT molecular complexity index is 707. The van der Waals surface area contributed by atoms with Gasteiger partial charge in [0.15, 0.2) is 0 Å². The zero-order valence-electron chi connectivity index (χ0n) is 11.5. The van der Waals surface area contributed by atoms with Gasteiger partial charge in [0.1, 0.15) is 10.1 Å². The summed E-state index contributed by atoms with van der Waals surface area (Å²) in [6.07, 6.45) is 5.17. The van der Waals surface area contributed by atoms with Gasteiger partial charge in [-0.2, -0.15) is 0 Å². The molecule has 0 saturated carbocycles. The molecule has 0 spiro atoms. The maximum Gasteiger partial charge on any atom is 0.266 e. The zero-order chi connectivity index (χ0) is 17.0. The molecule has 1 fully saturated rings. The fourth-order valence-corrected chi connectivity index (χ4v) is 3.13. The number of carbonyl (C=O) groups excluding carboxylic acids is 3. The lowest BCUT2D eigenvalue weighted by Crippen LogP contribution is -2.52. The van der Waals surface area contributed by atoms with Crippen molar-refractivity contribution in [2.24, 2.45) is 0 Å². The van der Waals surface area contributed by atoms with Crippen LogP contribution in [-0.4, -0.2) is 33.1 Å². The van der Waals surface area contributed by atoms with Gasteiger partial charge < -0.3 is 24.2 Å². The molecule has 0 aromatic carbocycles. The molecule has 120 valence electrons. The third-order valence-electron chi connectivity index (χ3n) is 2.82. The van der Waals surface area contributed by atoms with Crippen LogP contribution >= 0.6 is 24.0 Å². The van der Waals surface area contributed by atoms with Crippen LogP contribution in [0.5, 0.6) is 0 Å². The number of amides is 1. The van der Waals surface area contributed by atoms with Crippen LogP contribution in [0.4, 0.5) is 0 Å². The highest BCUT2D eigenvalue weighted by Crippen LogP contribution is 2.33. The van der Waals surface area contributed by atoms with Gasteiger partial charge in [-0.1, -0.05) is 30.1 Å². The molecule has 1 amide bonds. The summed E-state index contributed by atoms with van der Waals surface area (Å²) >= 11 is 5.83. The van der Waals surface area contributed by atoms with Crippen LogP contribution in [0.3, 0.4) is 0 Å². The van der Waals surface area contributed by atoms with Gasteiger partial charge >= 0.3 is 0 Å². The minimum absolute atomic E-state index is 0.0527. The second-order valence-corrected chi connectivity index (χ2v) is 6.04. The van der Waals surface area contributed by atoms with Crippen molar-refractivity contribution >= 4 is 52.2 Å². The van der Waals surface area contributed by atoms with E-state index in [-0.39, 0.29) is 9.23 Å². The molecule has 1 saturated heterocycles. The predicted octanol–water partition coefficient (Wildman–Crippen LogP) is -0.704. The van der Waals surface area contributed by atoms with Crippen LogP contribution in [0.1, 0.15) is 12.2 Å². The standard InChI is InChI=1S/C14H11NO6S2/c16-11(17)7-9(13(19)20)15-12(18)10(23-14(15)22)5-1-3-8-4-2-6-21-8/h1-6,9H,7H2,(H,16,17)(H,19,20)/p-2/b3-1+,10-5+/t9-/m1/s1. The lowest BCUT2D eigenvalue weighted by atomic mass is 10.2. The van der Waals surface area contributed by atoms with Crippen LogP contribution in [0.15, 0.2) is 39.9 Å². The van der Waals surface area contributed by atoms with Crippen molar-refractivity contribution in [1.29, 1.82) is 0 Å². The monoisotopic (exact) mass is 351 g/mol. The smallest absolute Gasteiger partial charge is 0.266 e. The predicted molar refractivity (Wildman–Crippen MR) is 81.3 cm³/mol. The number of thioether (sulfide) groups is 1. The summed E-state index contributed by atoms with van der Waals surface area (Å²) in [6.45, 7) is 0. The van der Waals surface area contributed by atoms with E-state index in [1.165, 1.54) is 18.4 Å². The van der Waals surface area contributed by atoms with Crippen molar-refractivity contribution in [3.63, 3.8) is 0 Å². The number of rotatable bonds is 6. The third kappa shape index (κ3) is 4.08. The van der Waals surface area contributed by atoms with Gasteiger partial charge in [-0.05, 0) is 24.3 Å². The number of carbonyl (C=O) groups is 3. The molecule has 23 heavy (non-hydrogen) atoms. The van der Waals surface area contributed by atoms with Crippen LogP contribution in [0, 0.1) is 0 Å². The van der Waals surface area contributed by atoms with Crippen LogP contribution in [-0.2, 0) is 14.4 Å². The van der Waals surface area contributed by atoms with Crippen LogP contribution in [0.25, 0.3) is 6.08 Å². The Hall–Kier alpha value is -2.39. The number of furan rings is 1. The summed E-state index contributed by atoms with van der Waals surface area (Å²) in [5.74, 6) is -3.45. The minimum Gasteiger partial charge on any atom is -0.550 e. The van der Waals surface area contributed by atoms with E-state index in [4.69, 9.17) is 16.6 Å². The number of thiocarbonyl (C=S) groups is 1. The van der Waals surface area contributed by atoms with Gasteiger partial charge in [0, 0.05) is 12.4 Å². The normalized spacial score (nSPS) is 18.1. The van der Waals surface area contributed by atoms with E-state index < -0.39 is 30.3 Å². The van der Waals surface area contributed by atoms with E-state index in [0.29, 0.717) is 5.76 Å². The Kier molecular flexibility index (Phi) is 5.35. The molecule has 9 heteroatoms. The molecular weight excluding hydrogens is 342 g/mol. The zero-order valence-corrected chi connectivity index (χ0v) is 13.1. The van der Waals surface area contributed by atoms with Crippen molar-refractivity contribution in [3.8, 4) is 0 Å². The highest BCUT2D eigenvalue weighted by atomic mass is 32.2. The lowest BCUT2D eigenvalue weighted by Gasteiger charge is -2.27. The Morgan fingerprint density at radius 1 is 1.43 bits per heavy atom. The number of allylic oxidation sites excluding steroid dienone is 2. The van der Waals surface area contributed by atoms with Gasteiger partial charge in [0.2, 0.25) is 0 Å². The van der Waals surface area contributed by atoms with Gasteiger partial charge in [-0.3, -0.25) is 9.69 Å². The molecule has 1 aromatic heterocycles. The molecule has 1 aliphatic heterocycles. The SMILES string of the molecule is O=C([O-])C[C@H](C(=O)[O-])N1C(=O)/C(=C\C=C\c2ccco2)SC1=S. The fourth-order valence-electron chi connectivity index (χ4n) is 1.82. The maximum atomic E-state index is 12.2. The number of aliphatic carboxylic acids is 2. The summed E-state index contributed by atoms with van der Waals surface area (Å²) in [6, 6.07) is 1.71. The molecule has 0 bridgehead atoms. The number of nitrogens with zero attached hydrogens (tertiary/aromatic N) is 1. The highest BCUT2D eigenvalue weighted by Gasteiger charge is 2.37. The highest BCUT2D eigenvalue weighted by molar-refractivity contribution is 8.26. The first kappa shape index (κ1) is 17.0. The second kappa shape index (κ2) is 7.25. The molecule has 0 unspecified atom stereocenters. The number of carboxylic acid groups (broad SMARTS) is 2. The maximum absolute atomic E-state index is 12.2. The molecule has 2 heterocycles. The van der Waals surface area contributed by atoms with Gasteiger partial charge in [0.25, 0.3) is 5.91 Å². The van der Waals surface area contributed by atoms with Crippen molar-refractivity contribution < 1.29 is 29.0 Å². The van der Waals surface area contributed by atoms with E-state index in [1.54, 1.807) is 18.2 Å². The van der Waals surface area contributed by atoms with E-state index in [2.05, 4.69) is 0 Å². The summed E-state index contributed by atoms with van der Waals surface area (Å²) < 4.78 is 5.03. The molecule has 0 radical (unpaired) electrons. The summed E-state index contributed by atoms with van der Waals surface area (Å²) in [5, 5.41) is 21.7. The van der Waals surface area contributed by atoms with Crippen LogP contribution in [0.2, 0.25) is 0 Å². The average Bonchev–Trinajstić information content (AvgIpc) is 3.06. The number of hydrogen-bond acceptors (Lipinski definition) is 8. The quantitative estimate of drug-likeness (QED) is 0.488. The average molecular weight is 351 g/mol. The first-order valence-electron chi connectivity index (χ1n) is 6.28. The molecular formula is C14H9NO6S2-2. The van der Waals surface area contributed by atoms with Crippen molar-refractivity contribution in [2.45, 2.75) is 12.5 Å². The number of hydrogen-bond donors (Lipinski definition) is 0. The van der Waals surface area contributed by atoms with E-state index in [1.807, 2.05) is 0 Å². The fraction of sp³-hybridized carbons (Fsp3) is 0.143. The largest absolute Gasteiger partial charge is 0.550 e. The van der Waals surface area contributed by atoms with Gasteiger partial charge in [-0.15, -0.1) is 0 Å². The molecule has 7 nitrogen and oxygen atoms in total. The molecule has 1 aromatic rings. The van der Waals surface area contributed by atoms with E-state index in [9.17, 15) is 24.6 Å². The van der Waals surface area contributed by atoms with Crippen molar-refractivity contribution in [2.75, 3.05) is 0 Å². The van der Waals surface area contributed by atoms with Gasteiger partial charge in [-0.25, -0.2) is 0 Å². The minimum atomic E-state index is -1.71.